The molecule has 0 unspecified atom stereocenters. The number of fused-ring (bicyclic) bond motifs is 1. The molecule has 0 radical (unpaired) electrons. The maximum atomic E-state index is 9.18. The number of H-pyrrole nitrogens is 1. The van der Waals surface area contributed by atoms with Gasteiger partial charge in [0.15, 0.2) is 5.65 Å². The third-order valence-corrected chi connectivity index (χ3v) is 4.15. The summed E-state index contributed by atoms with van der Waals surface area (Å²) in [7, 11) is 0. The van der Waals surface area contributed by atoms with Crippen LogP contribution in [0.4, 0.5) is 0 Å². The van der Waals surface area contributed by atoms with Crippen LogP contribution in [0.5, 0.6) is 0 Å². The average Bonchev–Trinajstić information content (AvgIpc) is 2.91. The van der Waals surface area contributed by atoms with Crippen LogP contribution < -0.4 is 0 Å². The Bertz CT molecular complexity index is 798. The minimum absolute atomic E-state index is 0.141. The number of rotatable bonds is 4. The van der Waals surface area contributed by atoms with Crippen molar-refractivity contribution in [3.8, 4) is 11.3 Å². The van der Waals surface area contributed by atoms with Gasteiger partial charge in [-0.05, 0) is 29.4 Å². The maximum Gasteiger partial charge on any atom is 0.156 e. The molecular weight excluding hydrogens is 286 g/mol. The lowest BCUT2D eigenvalue weighted by atomic mass is 9.86. The number of nitrogens with one attached hydrogen (secondary N) is 1. The van der Waals surface area contributed by atoms with Gasteiger partial charge in [0, 0.05) is 24.6 Å². The van der Waals surface area contributed by atoms with Crippen molar-refractivity contribution >= 4 is 11.2 Å². The third-order valence-electron chi connectivity index (χ3n) is 4.15. The smallest absolute Gasteiger partial charge is 0.156 e. The number of aliphatic hydroxyl groups is 1. The summed E-state index contributed by atoms with van der Waals surface area (Å²) in [6.45, 7) is 6.82. The predicted octanol–water partition coefficient (Wildman–Crippen LogP) is 3.85. The highest BCUT2D eigenvalue weighted by molar-refractivity contribution is 5.85. The second-order valence-corrected chi connectivity index (χ2v) is 6.89. The summed E-state index contributed by atoms with van der Waals surface area (Å²) in [4.78, 5) is 12.2. The molecule has 120 valence electrons. The molecule has 2 heterocycles. The highest BCUT2D eigenvalue weighted by Gasteiger charge is 2.17. The van der Waals surface area contributed by atoms with Gasteiger partial charge >= 0.3 is 0 Å². The standard InChI is InChI=1S/C19H23N3O/c1-19(2,3)14-8-6-13(7-9-14)16-15(5-4-12-23)17-18(22-16)21-11-10-20-17/h6-11,23H,4-5,12H2,1-3H3,(H,21,22). The molecule has 0 bridgehead atoms. The van der Waals surface area contributed by atoms with E-state index in [1.165, 1.54) is 5.56 Å². The van der Waals surface area contributed by atoms with Crippen LogP contribution in [-0.2, 0) is 11.8 Å². The van der Waals surface area contributed by atoms with Gasteiger partial charge in [-0.2, -0.15) is 0 Å². The molecule has 3 aromatic rings. The van der Waals surface area contributed by atoms with Crippen molar-refractivity contribution in [2.24, 2.45) is 0 Å². The lowest BCUT2D eigenvalue weighted by Crippen LogP contribution is -2.10. The van der Waals surface area contributed by atoms with E-state index < -0.39 is 0 Å². The van der Waals surface area contributed by atoms with Crippen LogP contribution in [0.15, 0.2) is 36.7 Å². The quantitative estimate of drug-likeness (QED) is 0.769. The van der Waals surface area contributed by atoms with Crippen LogP contribution in [0.3, 0.4) is 0 Å². The van der Waals surface area contributed by atoms with Crippen LogP contribution in [0.25, 0.3) is 22.4 Å². The first-order chi connectivity index (χ1) is 11.0. The number of aromatic nitrogens is 3. The average molecular weight is 309 g/mol. The fourth-order valence-corrected chi connectivity index (χ4v) is 2.85. The zero-order chi connectivity index (χ0) is 16.4. The second kappa shape index (κ2) is 6.13. The van der Waals surface area contributed by atoms with Crippen LogP contribution in [-0.4, -0.2) is 26.7 Å². The van der Waals surface area contributed by atoms with E-state index in [-0.39, 0.29) is 12.0 Å². The number of hydrogen-bond donors (Lipinski definition) is 2. The van der Waals surface area contributed by atoms with Crippen molar-refractivity contribution in [3.05, 3.63) is 47.8 Å². The zero-order valence-electron chi connectivity index (χ0n) is 13.9. The van der Waals surface area contributed by atoms with E-state index in [0.29, 0.717) is 0 Å². The Hall–Kier alpha value is -2.20. The van der Waals surface area contributed by atoms with E-state index in [9.17, 15) is 5.11 Å². The lowest BCUT2D eigenvalue weighted by Gasteiger charge is -2.19. The first-order valence-corrected chi connectivity index (χ1v) is 8.04. The molecule has 0 aliphatic carbocycles. The summed E-state index contributed by atoms with van der Waals surface area (Å²) in [5.74, 6) is 0. The van der Waals surface area contributed by atoms with E-state index >= 15 is 0 Å². The van der Waals surface area contributed by atoms with Crippen molar-refractivity contribution in [2.45, 2.75) is 39.0 Å². The van der Waals surface area contributed by atoms with Crippen molar-refractivity contribution in [2.75, 3.05) is 6.61 Å². The van der Waals surface area contributed by atoms with Crippen LogP contribution in [0, 0.1) is 0 Å². The number of nitrogens with zero attached hydrogens (tertiary/aromatic N) is 2. The minimum Gasteiger partial charge on any atom is -0.396 e. The van der Waals surface area contributed by atoms with Crippen molar-refractivity contribution in [1.82, 2.24) is 15.0 Å². The molecule has 0 saturated carbocycles. The Morgan fingerprint density at radius 1 is 1.04 bits per heavy atom. The molecule has 0 spiro atoms. The van der Waals surface area contributed by atoms with Gasteiger partial charge in [0.2, 0.25) is 0 Å². The molecule has 2 N–H and O–H groups in total. The fraction of sp³-hybridized carbons (Fsp3) is 0.368. The second-order valence-electron chi connectivity index (χ2n) is 6.89. The van der Waals surface area contributed by atoms with Gasteiger partial charge in [0.05, 0.1) is 5.69 Å². The number of benzene rings is 1. The van der Waals surface area contributed by atoms with Gasteiger partial charge in [-0.25, -0.2) is 4.98 Å². The Morgan fingerprint density at radius 2 is 1.74 bits per heavy atom. The van der Waals surface area contributed by atoms with Gasteiger partial charge in [-0.1, -0.05) is 45.0 Å². The number of aryl methyl sites for hydroxylation is 1. The first-order valence-electron chi connectivity index (χ1n) is 8.04. The van der Waals surface area contributed by atoms with E-state index in [0.717, 1.165) is 40.8 Å². The van der Waals surface area contributed by atoms with E-state index in [2.05, 4.69) is 60.0 Å². The molecule has 23 heavy (non-hydrogen) atoms. The molecule has 0 aliphatic heterocycles. The molecule has 0 fully saturated rings. The SMILES string of the molecule is CC(C)(C)c1ccc(-c2[nH]c3nccnc3c2CCCO)cc1. The maximum absolute atomic E-state index is 9.18. The van der Waals surface area contributed by atoms with Gasteiger partial charge in [-0.3, -0.25) is 4.98 Å². The van der Waals surface area contributed by atoms with Crippen molar-refractivity contribution < 1.29 is 5.11 Å². The fourth-order valence-electron chi connectivity index (χ4n) is 2.85. The predicted molar refractivity (Wildman–Crippen MR) is 93.4 cm³/mol. The minimum atomic E-state index is 0.141. The molecule has 0 atom stereocenters. The molecule has 0 amide bonds. The topological polar surface area (TPSA) is 61.8 Å². The Kier molecular flexibility index (Phi) is 4.18. The van der Waals surface area contributed by atoms with Crippen LogP contribution in [0.1, 0.15) is 38.3 Å². The Morgan fingerprint density at radius 3 is 2.39 bits per heavy atom. The van der Waals surface area contributed by atoms with Gasteiger partial charge < -0.3 is 10.1 Å². The normalized spacial score (nSPS) is 12.0. The van der Waals surface area contributed by atoms with E-state index in [4.69, 9.17) is 0 Å². The largest absolute Gasteiger partial charge is 0.396 e. The molecule has 4 heteroatoms. The molecule has 0 saturated heterocycles. The Labute approximate surface area is 136 Å². The number of hydrogen-bond acceptors (Lipinski definition) is 3. The molecule has 4 nitrogen and oxygen atoms in total. The Balaban J connectivity index is 2.08. The summed E-state index contributed by atoms with van der Waals surface area (Å²) in [6, 6.07) is 8.65. The summed E-state index contributed by atoms with van der Waals surface area (Å²) in [6.07, 6.45) is 4.91. The summed E-state index contributed by atoms with van der Waals surface area (Å²) in [5.41, 5.74) is 6.47. The van der Waals surface area contributed by atoms with E-state index in [1.54, 1.807) is 12.4 Å². The summed E-state index contributed by atoms with van der Waals surface area (Å²) in [5, 5.41) is 9.18. The molecule has 2 aromatic heterocycles. The molecule has 0 aliphatic rings. The van der Waals surface area contributed by atoms with Gasteiger partial charge in [0.1, 0.15) is 5.52 Å². The van der Waals surface area contributed by atoms with Gasteiger partial charge in [0.25, 0.3) is 0 Å². The van der Waals surface area contributed by atoms with Crippen molar-refractivity contribution in [3.63, 3.8) is 0 Å². The molecule has 1 aromatic carbocycles. The number of aliphatic hydroxyl groups excluding tert-OH is 1. The first kappa shape index (κ1) is 15.7. The highest BCUT2D eigenvalue weighted by Crippen LogP contribution is 2.31. The highest BCUT2D eigenvalue weighted by atomic mass is 16.2. The van der Waals surface area contributed by atoms with Crippen molar-refractivity contribution in [1.29, 1.82) is 0 Å². The summed E-state index contributed by atoms with van der Waals surface area (Å²) >= 11 is 0. The van der Waals surface area contributed by atoms with Gasteiger partial charge in [-0.15, -0.1) is 0 Å². The summed E-state index contributed by atoms with van der Waals surface area (Å²) < 4.78 is 0. The van der Waals surface area contributed by atoms with Crippen LogP contribution in [0.2, 0.25) is 0 Å². The van der Waals surface area contributed by atoms with E-state index in [1.807, 2.05) is 0 Å². The molecular formula is C19H23N3O. The number of aromatic amines is 1. The molecule has 3 rings (SSSR count). The lowest BCUT2D eigenvalue weighted by molar-refractivity contribution is 0.289. The third kappa shape index (κ3) is 3.13. The van der Waals surface area contributed by atoms with Crippen LogP contribution >= 0.6 is 0 Å². The monoisotopic (exact) mass is 309 g/mol. The zero-order valence-corrected chi connectivity index (χ0v) is 13.9.